The van der Waals surface area contributed by atoms with Gasteiger partial charge in [0.15, 0.2) is 5.79 Å². The van der Waals surface area contributed by atoms with E-state index in [1.54, 1.807) is 13.0 Å². The largest absolute Gasteiger partial charge is 0.392 e. The minimum absolute atomic E-state index is 0.00451. The molecule has 0 saturated carbocycles. The summed E-state index contributed by atoms with van der Waals surface area (Å²) in [7, 11) is 0. The molecule has 1 amide bonds. The molecule has 5 aliphatic heterocycles. The molecule has 0 bridgehead atoms. The lowest BCUT2D eigenvalue weighted by Gasteiger charge is -2.53. The second-order valence-corrected chi connectivity index (χ2v) is 18.3. The Morgan fingerprint density at radius 1 is 0.964 bits per heavy atom. The lowest BCUT2D eigenvalue weighted by Crippen LogP contribution is -2.62. The van der Waals surface area contributed by atoms with Crippen LogP contribution in [-0.2, 0) is 38.1 Å². The molecule has 5 aliphatic rings. The molecule has 4 fully saturated rings. The van der Waals surface area contributed by atoms with Gasteiger partial charge in [0.2, 0.25) is 17.5 Å². The Labute approximate surface area is 335 Å². The second-order valence-electron chi connectivity index (χ2n) is 18.3. The van der Waals surface area contributed by atoms with Crippen LogP contribution in [0.15, 0.2) is 12.2 Å². The van der Waals surface area contributed by atoms with Gasteiger partial charge in [0.05, 0.1) is 60.3 Å². The summed E-state index contributed by atoms with van der Waals surface area (Å²) in [6, 6.07) is 0. The fourth-order valence-corrected chi connectivity index (χ4v) is 10.6. The van der Waals surface area contributed by atoms with E-state index < -0.39 is 46.8 Å². The number of ether oxygens (including phenoxy) is 5. The van der Waals surface area contributed by atoms with E-state index in [1.165, 1.54) is 6.08 Å². The van der Waals surface area contributed by atoms with Crippen molar-refractivity contribution < 1.29 is 48.3 Å². The van der Waals surface area contributed by atoms with Crippen molar-refractivity contribution in [1.82, 2.24) is 5.32 Å². The van der Waals surface area contributed by atoms with Gasteiger partial charge in [-0.25, -0.2) is 0 Å². The maximum atomic E-state index is 14.5. The first-order valence-corrected chi connectivity index (χ1v) is 21.6. The van der Waals surface area contributed by atoms with Crippen molar-refractivity contribution in [2.75, 3.05) is 6.54 Å². The quantitative estimate of drug-likeness (QED) is 0.188. The minimum Gasteiger partial charge on any atom is -0.392 e. The zero-order valence-corrected chi connectivity index (χ0v) is 35.7. The minimum atomic E-state index is -1.56. The third-order valence-corrected chi connectivity index (χ3v) is 14.7. The van der Waals surface area contributed by atoms with E-state index in [2.05, 4.69) is 25.1 Å². The first-order chi connectivity index (χ1) is 26.3. The number of aliphatic hydroxyl groups is 2. The zero-order chi connectivity index (χ0) is 41.4. The lowest BCUT2D eigenvalue weighted by molar-refractivity contribution is -0.378. The third-order valence-electron chi connectivity index (χ3n) is 14.7. The number of hydrogen-bond donors (Lipinski definition) is 3. The number of ketones is 2. The van der Waals surface area contributed by atoms with E-state index in [4.69, 9.17) is 30.1 Å². The number of Topliss-reactive ketones (excluding diaryl/α,β-unsaturated/α-hetero) is 1. The maximum absolute atomic E-state index is 14.5. The molecule has 0 aromatic heterocycles. The van der Waals surface area contributed by atoms with E-state index >= 15 is 0 Å². The molecular formula is C45H71NO10. The average Bonchev–Trinajstić information content (AvgIpc) is 3.52. The number of nitrogens with one attached hydrogen (secondary N) is 1. The van der Waals surface area contributed by atoms with Gasteiger partial charge in [-0.15, -0.1) is 6.42 Å². The van der Waals surface area contributed by atoms with Crippen LogP contribution in [0, 0.1) is 53.8 Å². The number of carbonyl (C=O) groups excluding carboxylic acids is 3. The van der Waals surface area contributed by atoms with Crippen molar-refractivity contribution in [2.24, 2.45) is 41.4 Å². The highest BCUT2D eigenvalue weighted by atomic mass is 16.8. The standard InChI is InChI=1S/C45H71NO10/c1-12-24-46-41(50)32(13-2)34-17-16-26(5)39(53-34)30(9)37(48)29(8)38(49)33(14-3)40-27(6)25-28(7)44(54-40)21-18-35(47)45(56-44)23-22-42(11,55-45)36-19-20-43(51,15-4)31(10)52-36/h1,18,21,26-34,36-37,39-40,48,51H,13-17,19-20,22-25H2,2-11H3,(H,46,50)/t26-,27-,28+,29-,30-,31-,32+,33-,34+,36+,37+,39+,40-,42-,43+,44-,45-/m0/s1. The van der Waals surface area contributed by atoms with Crippen LogP contribution < -0.4 is 5.32 Å². The summed E-state index contributed by atoms with van der Waals surface area (Å²) in [5.41, 5.74) is -1.71. The highest BCUT2D eigenvalue weighted by Crippen LogP contribution is 2.53. The van der Waals surface area contributed by atoms with Gasteiger partial charge < -0.3 is 39.2 Å². The van der Waals surface area contributed by atoms with Crippen LogP contribution in [0.5, 0.6) is 0 Å². The SMILES string of the molecule is C#CCNC(=O)[C@H](CC)[C@H]1CC[C@H](C)[C@H]([C@@H](C)[C@H](O)[C@H](C)C(=O)[C@H](CC)[C@H]2O[C@]3(C=CC(=O)[C@]4(CC[C@@](C)([C@H]5CC[C@](O)(CC)[C@H](C)O5)O4)O3)[C@H](C)C[C@@H]2C)O1. The first-order valence-electron chi connectivity index (χ1n) is 21.6. The summed E-state index contributed by atoms with van der Waals surface area (Å²) in [6.45, 7) is 19.9. The predicted octanol–water partition coefficient (Wildman–Crippen LogP) is 6.06. The van der Waals surface area contributed by atoms with Crippen LogP contribution >= 0.6 is 0 Å². The molecule has 17 atom stereocenters. The van der Waals surface area contributed by atoms with Gasteiger partial charge in [-0.2, -0.15) is 0 Å². The normalized spacial score (nSPS) is 42.8. The Bertz CT molecular complexity index is 1490. The molecule has 2 spiro atoms. The average molecular weight is 786 g/mol. The predicted molar refractivity (Wildman–Crippen MR) is 212 cm³/mol. The molecule has 3 N–H and O–H groups in total. The maximum Gasteiger partial charge on any atom is 0.236 e. The molecule has 11 heteroatoms. The van der Waals surface area contributed by atoms with E-state index in [0.29, 0.717) is 51.4 Å². The van der Waals surface area contributed by atoms with E-state index in [9.17, 15) is 24.6 Å². The van der Waals surface area contributed by atoms with E-state index in [1.807, 2.05) is 48.5 Å². The van der Waals surface area contributed by atoms with Gasteiger partial charge in [0.1, 0.15) is 5.78 Å². The number of rotatable bonds is 13. The molecule has 5 heterocycles. The lowest BCUT2D eigenvalue weighted by atomic mass is 9.72. The van der Waals surface area contributed by atoms with E-state index in [-0.39, 0.29) is 78.0 Å². The Balaban J connectivity index is 1.30. The van der Waals surface area contributed by atoms with Crippen LogP contribution in [0.4, 0.5) is 0 Å². The Morgan fingerprint density at radius 2 is 1.66 bits per heavy atom. The molecule has 56 heavy (non-hydrogen) atoms. The molecule has 0 aliphatic carbocycles. The Morgan fingerprint density at radius 3 is 2.29 bits per heavy atom. The third kappa shape index (κ3) is 8.46. The zero-order valence-electron chi connectivity index (χ0n) is 35.7. The molecule has 0 unspecified atom stereocenters. The molecule has 0 aromatic rings. The van der Waals surface area contributed by atoms with Crippen molar-refractivity contribution in [3.63, 3.8) is 0 Å². The molecule has 0 radical (unpaired) electrons. The van der Waals surface area contributed by atoms with Gasteiger partial charge in [-0.05, 0) is 95.6 Å². The summed E-state index contributed by atoms with van der Waals surface area (Å²) >= 11 is 0. The fraction of sp³-hybridized carbons (Fsp3) is 0.844. The van der Waals surface area contributed by atoms with Crippen molar-refractivity contribution in [3.8, 4) is 12.3 Å². The van der Waals surface area contributed by atoms with Gasteiger partial charge >= 0.3 is 0 Å². The van der Waals surface area contributed by atoms with Gasteiger partial charge in [0, 0.05) is 30.1 Å². The molecule has 5 rings (SSSR count). The van der Waals surface area contributed by atoms with Crippen LogP contribution in [-0.4, -0.2) is 93.6 Å². The first kappa shape index (κ1) is 44.9. The van der Waals surface area contributed by atoms with Crippen LogP contribution in [0.25, 0.3) is 0 Å². The van der Waals surface area contributed by atoms with Crippen molar-refractivity contribution in [3.05, 3.63) is 12.2 Å². The Kier molecular flexibility index (Phi) is 14.1. The van der Waals surface area contributed by atoms with Gasteiger partial charge in [-0.1, -0.05) is 61.3 Å². The fourth-order valence-electron chi connectivity index (χ4n) is 10.6. The van der Waals surface area contributed by atoms with Crippen molar-refractivity contribution in [2.45, 2.75) is 193 Å². The topological polar surface area (TPSA) is 150 Å². The van der Waals surface area contributed by atoms with Gasteiger partial charge in [0.25, 0.3) is 0 Å². The van der Waals surface area contributed by atoms with E-state index in [0.717, 1.165) is 12.8 Å². The number of terminal acetylenes is 1. The summed E-state index contributed by atoms with van der Waals surface area (Å²) < 4.78 is 33.5. The van der Waals surface area contributed by atoms with Crippen molar-refractivity contribution >= 4 is 17.5 Å². The smallest absolute Gasteiger partial charge is 0.236 e. The summed E-state index contributed by atoms with van der Waals surface area (Å²) in [6.07, 6.45) is 11.7. The Hall–Kier alpha value is -2.17. The highest BCUT2D eigenvalue weighted by Gasteiger charge is 2.63. The number of aliphatic hydroxyl groups excluding tert-OH is 1. The van der Waals surface area contributed by atoms with Gasteiger partial charge in [-0.3, -0.25) is 14.4 Å². The number of hydrogen-bond acceptors (Lipinski definition) is 10. The highest BCUT2D eigenvalue weighted by molar-refractivity contribution is 5.97. The second kappa shape index (κ2) is 17.6. The molecule has 4 saturated heterocycles. The number of carbonyl (C=O) groups is 3. The molecule has 11 nitrogen and oxygen atoms in total. The monoisotopic (exact) mass is 786 g/mol. The number of amides is 1. The van der Waals surface area contributed by atoms with Crippen LogP contribution in [0.3, 0.4) is 0 Å². The molecule has 316 valence electrons. The van der Waals surface area contributed by atoms with Crippen molar-refractivity contribution in [1.29, 1.82) is 0 Å². The molecule has 0 aromatic carbocycles. The molecular weight excluding hydrogens is 714 g/mol. The summed E-state index contributed by atoms with van der Waals surface area (Å²) in [4.78, 5) is 41.2. The van der Waals surface area contributed by atoms with Crippen LogP contribution in [0.2, 0.25) is 0 Å². The summed E-state index contributed by atoms with van der Waals surface area (Å²) in [5, 5.41) is 25.7. The summed E-state index contributed by atoms with van der Waals surface area (Å²) in [5.74, 6) is -2.89. The van der Waals surface area contributed by atoms with Crippen LogP contribution in [0.1, 0.15) is 133 Å².